The summed E-state index contributed by atoms with van der Waals surface area (Å²) in [7, 11) is 0. The molecular formula is C14H19N3OS. The van der Waals surface area contributed by atoms with Gasteiger partial charge < -0.3 is 14.9 Å². The first kappa shape index (κ1) is 13.0. The summed E-state index contributed by atoms with van der Waals surface area (Å²) >= 11 is 1.80. The van der Waals surface area contributed by atoms with Crippen LogP contribution in [0.15, 0.2) is 29.4 Å². The van der Waals surface area contributed by atoms with E-state index in [1.165, 1.54) is 18.5 Å². The average molecular weight is 277 g/mol. The summed E-state index contributed by atoms with van der Waals surface area (Å²) in [5.41, 5.74) is 7.95. The lowest BCUT2D eigenvalue weighted by atomic mass is 10.3. The van der Waals surface area contributed by atoms with Crippen LogP contribution in [0.5, 0.6) is 0 Å². The zero-order valence-corrected chi connectivity index (χ0v) is 11.7. The summed E-state index contributed by atoms with van der Waals surface area (Å²) in [5.74, 6) is 0.988. The van der Waals surface area contributed by atoms with Crippen molar-refractivity contribution in [2.75, 3.05) is 18.9 Å². The Balaban J connectivity index is 1.82. The Morgan fingerprint density at radius 2 is 2.42 bits per heavy atom. The molecule has 3 heterocycles. The van der Waals surface area contributed by atoms with Gasteiger partial charge in [0.15, 0.2) is 0 Å². The van der Waals surface area contributed by atoms with Crippen LogP contribution in [0.4, 0.5) is 0 Å². The minimum Gasteiger partial charge on any atom is -0.377 e. The fourth-order valence-electron chi connectivity index (χ4n) is 2.45. The maximum atomic E-state index is 5.72. The second-order valence-corrected chi connectivity index (χ2v) is 5.79. The third-order valence-electron chi connectivity index (χ3n) is 3.40. The zero-order chi connectivity index (χ0) is 13.1. The van der Waals surface area contributed by atoms with Gasteiger partial charge in [-0.15, -0.1) is 11.8 Å². The van der Waals surface area contributed by atoms with Crippen molar-refractivity contribution in [1.82, 2.24) is 9.38 Å². The van der Waals surface area contributed by atoms with Gasteiger partial charge in [0.05, 0.1) is 11.8 Å². The number of pyridine rings is 1. The first-order valence-corrected chi connectivity index (χ1v) is 7.77. The van der Waals surface area contributed by atoms with Crippen molar-refractivity contribution >= 4 is 17.4 Å². The van der Waals surface area contributed by atoms with Crippen molar-refractivity contribution in [3.8, 4) is 0 Å². The van der Waals surface area contributed by atoms with Gasteiger partial charge >= 0.3 is 0 Å². The Morgan fingerprint density at radius 1 is 1.47 bits per heavy atom. The minimum absolute atomic E-state index is 0.389. The molecule has 0 aliphatic carbocycles. The van der Waals surface area contributed by atoms with E-state index < -0.39 is 0 Å². The summed E-state index contributed by atoms with van der Waals surface area (Å²) in [5, 5.41) is 1.10. The summed E-state index contributed by atoms with van der Waals surface area (Å²) in [6.07, 6.45) is 5.67. The third-order valence-corrected chi connectivity index (χ3v) is 4.54. The van der Waals surface area contributed by atoms with Crippen LogP contribution in [0.3, 0.4) is 0 Å². The normalized spacial score (nSPS) is 19.3. The van der Waals surface area contributed by atoms with E-state index in [-0.39, 0.29) is 0 Å². The van der Waals surface area contributed by atoms with Crippen LogP contribution in [-0.4, -0.2) is 34.4 Å². The van der Waals surface area contributed by atoms with E-state index in [1.54, 1.807) is 11.8 Å². The maximum Gasteiger partial charge on any atom is 0.138 e. The van der Waals surface area contributed by atoms with Gasteiger partial charge in [-0.3, -0.25) is 0 Å². The fourth-order valence-corrected chi connectivity index (χ4v) is 3.58. The van der Waals surface area contributed by atoms with Gasteiger partial charge in [-0.2, -0.15) is 0 Å². The third kappa shape index (κ3) is 2.78. The van der Waals surface area contributed by atoms with Crippen molar-refractivity contribution in [2.24, 2.45) is 5.73 Å². The van der Waals surface area contributed by atoms with Gasteiger partial charge in [-0.05, 0) is 31.5 Å². The van der Waals surface area contributed by atoms with E-state index in [2.05, 4.69) is 10.6 Å². The smallest absolute Gasteiger partial charge is 0.138 e. The van der Waals surface area contributed by atoms with E-state index in [0.29, 0.717) is 12.6 Å². The largest absolute Gasteiger partial charge is 0.377 e. The molecule has 2 N–H and O–H groups in total. The van der Waals surface area contributed by atoms with Crippen LogP contribution >= 0.6 is 11.8 Å². The Morgan fingerprint density at radius 3 is 3.21 bits per heavy atom. The van der Waals surface area contributed by atoms with E-state index >= 15 is 0 Å². The molecule has 0 amide bonds. The molecule has 0 spiro atoms. The van der Waals surface area contributed by atoms with Crippen LogP contribution in [0.25, 0.3) is 5.65 Å². The lowest BCUT2D eigenvalue weighted by molar-refractivity contribution is 0.129. The van der Waals surface area contributed by atoms with Crippen molar-refractivity contribution in [3.63, 3.8) is 0 Å². The summed E-state index contributed by atoms with van der Waals surface area (Å²) < 4.78 is 7.81. The molecule has 3 rings (SSSR count). The van der Waals surface area contributed by atoms with E-state index in [9.17, 15) is 0 Å². The quantitative estimate of drug-likeness (QED) is 0.850. The molecule has 2 aromatic heterocycles. The summed E-state index contributed by atoms with van der Waals surface area (Å²) in [4.78, 5) is 4.71. The molecule has 4 nitrogen and oxygen atoms in total. The molecule has 1 unspecified atom stereocenters. The summed E-state index contributed by atoms with van der Waals surface area (Å²) in [6.45, 7) is 1.56. The highest BCUT2D eigenvalue weighted by molar-refractivity contribution is 7.99. The number of hydrogen-bond acceptors (Lipinski definition) is 4. The molecule has 2 aromatic rings. The van der Waals surface area contributed by atoms with Gasteiger partial charge in [0.25, 0.3) is 0 Å². The molecule has 0 bridgehead atoms. The molecule has 1 saturated heterocycles. The van der Waals surface area contributed by atoms with E-state index in [0.717, 1.165) is 29.5 Å². The number of thioether (sulfide) groups is 1. The van der Waals surface area contributed by atoms with E-state index in [4.69, 9.17) is 15.5 Å². The molecule has 1 fully saturated rings. The summed E-state index contributed by atoms with van der Waals surface area (Å²) in [6, 6.07) is 6.09. The number of nitrogens with two attached hydrogens (primary N) is 1. The molecule has 19 heavy (non-hydrogen) atoms. The van der Waals surface area contributed by atoms with Crippen molar-refractivity contribution in [3.05, 3.63) is 30.1 Å². The number of rotatable bonds is 5. The molecule has 0 radical (unpaired) electrons. The highest BCUT2D eigenvalue weighted by Crippen LogP contribution is 2.27. The van der Waals surface area contributed by atoms with Gasteiger partial charge in [-0.1, -0.05) is 6.07 Å². The van der Waals surface area contributed by atoms with Gasteiger partial charge in [-0.25, -0.2) is 4.98 Å². The minimum atomic E-state index is 0.389. The second kappa shape index (κ2) is 5.94. The predicted molar refractivity (Wildman–Crippen MR) is 77.6 cm³/mol. The van der Waals surface area contributed by atoms with Gasteiger partial charge in [0.2, 0.25) is 0 Å². The van der Waals surface area contributed by atoms with Crippen molar-refractivity contribution in [2.45, 2.75) is 30.4 Å². The van der Waals surface area contributed by atoms with Gasteiger partial charge in [0, 0.05) is 25.0 Å². The number of fused-ring (bicyclic) bond motifs is 1. The number of hydrogen-bond donors (Lipinski definition) is 1. The van der Waals surface area contributed by atoms with Crippen LogP contribution in [0, 0.1) is 0 Å². The first-order valence-electron chi connectivity index (χ1n) is 6.79. The van der Waals surface area contributed by atoms with Crippen molar-refractivity contribution < 1.29 is 4.74 Å². The first-order chi connectivity index (χ1) is 9.38. The molecule has 0 saturated carbocycles. The monoisotopic (exact) mass is 277 g/mol. The predicted octanol–water partition coefficient (Wildman–Crippen LogP) is 2.11. The van der Waals surface area contributed by atoms with E-state index in [1.807, 2.05) is 18.2 Å². The number of nitrogens with zero attached hydrogens (tertiary/aromatic N) is 2. The Kier molecular flexibility index (Phi) is 4.06. The number of aromatic nitrogens is 2. The molecule has 102 valence electrons. The highest BCUT2D eigenvalue weighted by atomic mass is 32.2. The Hall–Kier alpha value is -1.04. The molecule has 0 aromatic carbocycles. The van der Waals surface area contributed by atoms with Crippen LogP contribution in [0.2, 0.25) is 0 Å². The van der Waals surface area contributed by atoms with Gasteiger partial charge in [0.1, 0.15) is 10.7 Å². The second-order valence-electron chi connectivity index (χ2n) is 4.78. The van der Waals surface area contributed by atoms with Crippen LogP contribution in [0.1, 0.15) is 18.5 Å². The van der Waals surface area contributed by atoms with Crippen LogP contribution in [-0.2, 0) is 11.2 Å². The average Bonchev–Trinajstić information content (AvgIpc) is 3.05. The molecular weight excluding hydrogens is 258 g/mol. The molecule has 1 atom stereocenters. The number of imidazole rings is 1. The topological polar surface area (TPSA) is 52.5 Å². The lowest BCUT2D eigenvalue weighted by Gasteiger charge is -2.08. The SMILES string of the molecule is NCCc1c(SCC2CCCO2)nc2ccccn12. The van der Waals surface area contributed by atoms with Crippen molar-refractivity contribution in [1.29, 1.82) is 0 Å². The lowest BCUT2D eigenvalue weighted by Crippen LogP contribution is -2.09. The highest BCUT2D eigenvalue weighted by Gasteiger charge is 2.18. The molecule has 5 heteroatoms. The number of ether oxygens (including phenoxy) is 1. The van der Waals surface area contributed by atoms with Crippen LogP contribution < -0.4 is 5.73 Å². The Labute approximate surface area is 117 Å². The zero-order valence-electron chi connectivity index (χ0n) is 10.9. The fraction of sp³-hybridized carbons (Fsp3) is 0.500. The molecule has 1 aliphatic rings. The maximum absolute atomic E-state index is 5.72. The molecule has 1 aliphatic heterocycles. The standard InChI is InChI=1S/C14H19N3OS/c15-7-6-12-14(19-10-11-4-3-9-18-11)16-13-5-1-2-8-17(12)13/h1-2,5,8,11H,3-4,6-7,9-10,15H2. The Bertz CT molecular complexity index is 549.